The Kier molecular flexibility index (Phi) is 7.31. The average molecular weight is 359 g/mol. The first-order chi connectivity index (χ1) is 11.9. The molecule has 25 heavy (non-hydrogen) atoms. The van der Waals surface area contributed by atoms with E-state index in [-0.39, 0.29) is 10.7 Å². The fourth-order valence-electron chi connectivity index (χ4n) is 2.66. The minimum Gasteiger partial charge on any atom is -0.289 e. The van der Waals surface area contributed by atoms with E-state index in [1.165, 1.54) is 6.26 Å². The van der Waals surface area contributed by atoms with Crippen molar-refractivity contribution in [1.82, 2.24) is 0 Å². The molecular formula is C21H26O3S. The summed E-state index contributed by atoms with van der Waals surface area (Å²) in [6.45, 7) is 9.81. The minimum atomic E-state index is -3.21. The zero-order chi connectivity index (χ0) is 19.2. The molecular weight excluding hydrogens is 332 g/mol. The van der Waals surface area contributed by atoms with Crippen molar-refractivity contribution < 1.29 is 13.2 Å². The second kappa shape index (κ2) is 8.77. The molecule has 2 aromatic rings. The summed E-state index contributed by atoms with van der Waals surface area (Å²) in [4.78, 5) is 12.5. The van der Waals surface area contributed by atoms with E-state index in [9.17, 15) is 13.2 Å². The number of ketones is 1. The van der Waals surface area contributed by atoms with Crippen LogP contribution in [0.5, 0.6) is 0 Å². The number of rotatable bonds is 2. The summed E-state index contributed by atoms with van der Waals surface area (Å²) in [7, 11) is -3.21. The lowest BCUT2D eigenvalue weighted by atomic mass is 9.98. The number of allylic oxidation sites excluding steroid dienone is 1. The molecule has 0 spiro atoms. The molecule has 0 amide bonds. The van der Waals surface area contributed by atoms with Crippen molar-refractivity contribution in [2.45, 2.75) is 39.5 Å². The van der Waals surface area contributed by atoms with Gasteiger partial charge in [-0.2, -0.15) is 0 Å². The number of sulfone groups is 1. The molecule has 0 aromatic heterocycles. The molecule has 0 aliphatic heterocycles. The fraction of sp³-hybridized carbons (Fsp3) is 0.286. The van der Waals surface area contributed by atoms with E-state index in [0.717, 1.165) is 16.7 Å². The molecule has 0 N–H and O–H groups in total. The highest BCUT2D eigenvalue weighted by molar-refractivity contribution is 7.90. The van der Waals surface area contributed by atoms with Gasteiger partial charge in [0.2, 0.25) is 0 Å². The third-order valence-electron chi connectivity index (χ3n) is 3.73. The standard InChI is InChI=1S/C17H14O3S.2C2H6/c1-11-16(14-5-3-4-6-15(14)17(11)18)12-7-9-13(10-8-12)21(2,19)20;2*1-2/h3-10H,1-2H3;2*1-2H3. The summed E-state index contributed by atoms with van der Waals surface area (Å²) < 4.78 is 23.0. The van der Waals surface area contributed by atoms with Crippen LogP contribution in [-0.2, 0) is 9.84 Å². The SMILES string of the molecule is CC.CC.CC1=C(c2ccc(S(C)(=O)=O)cc2)c2ccccc2C1=O. The summed E-state index contributed by atoms with van der Waals surface area (Å²) in [6, 6.07) is 14.2. The number of Topliss-reactive ketones (excluding diaryl/α,β-unsaturated/α-hetero) is 1. The quantitative estimate of drug-likeness (QED) is 0.745. The topological polar surface area (TPSA) is 51.2 Å². The van der Waals surface area contributed by atoms with Crippen molar-refractivity contribution in [2.75, 3.05) is 6.26 Å². The molecule has 0 fully saturated rings. The second-order valence-corrected chi connectivity index (χ2v) is 7.19. The van der Waals surface area contributed by atoms with Gasteiger partial charge in [-0.15, -0.1) is 0 Å². The summed E-state index contributed by atoms with van der Waals surface area (Å²) in [5.74, 6) is 0.0350. The normalized spacial score (nSPS) is 12.6. The number of hydrogen-bond donors (Lipinski definition) is 0. The third kappa shape index (κ3) is 4.26. The van der Waals surface area contributed by atoms with Crippen LogP contribution in [0.3, 0.4) is 0 Å². The highest BCUT2D eigenvalue weighted by Gasteiger charge is 2.27. The maximum absolute atomic E-state index is 12.3. The Balaban J connectivity index is 0.000000730. The number of carbonyl (C=O) groups excluding carboxylic acids is 1. The van der Waals surface area contributed by atoms with Crippen LogP contribution in [0.2, 0.25) is 0 Å². The predicted octanol–water partition coefficient (Wildman–Crippen LogP) is 5.16. The summed E-state index contributed by atoms with van der Waals surface area (Å²) >= 11 is 0. The van der Waals surface area contributed by atoms with Crippen molar-refractivity contribution in [3.05, 3.63) is 70.8 Å². The van der Waals surface area contributed by atoms with Gasteiger partial charge in [-0.05, 0) is 35.8 Å². The van der Waals surface area contributed by atoms with Gasteiger partial charge < -0.3 is 0 Å². The van der Waals surface area contributed by atoms with Gasteiger partial charge in [0, 0.05) is 17.4 Å². The van der Waals surface area contributed by atoms with Gasteiger partial charge in [0.1, 0.15) is 0 Å². The Bertz CT molecular complexity index is 874. The summed E-state index contributed by atoms with van der Waals surface area (Å²) in [6.07, 6.45) is 1.18. The van der Waals surface area contributed by atoms with E-state index < -0.39 is 9.84 Å². The van der Waals surface area contributed by atoms with E-state index in [1.807, 2.05) is 58.9 Å². The Morgan fingerprint density at radius 2 is 1.24 bits per heavy atom. The van der Waals surface area contributed by atoms with Crippen LogP contribution in [-0.4, -0.2) is 20.5 Å². The van der Waals surface area contributed by atoms with Crippen LogP contribution in [0.25, 0.3) is 5.57 Å². The van der Waals surface area contributed by atoms with Crippen molar-refractivity contribution in [1.29, 1.82) is 0 Å². The monoisotopic (exact) mass is 358 g/mol. The zero-order valence-electron chi connectivity index (χ0n) is 15.8. The van der Waals surface area contributed by atoms with Crippen LogP contribution in [0.1, 0.15) is 56.1 Å². The Labute approximate surface area is 151 Å². The van der Waals surface area contributed by atoms with Crippen LogP contribution >= 0.6 is 0 Å². The molecule has 4 heteroatoms. The van der Waals surface area contributed by atoms with Gasteiger partial charge in [0.15, 0.2) is 15.6 Å². The molecule has 0 atom stereocenters. The summed E-state index contributed by atoms with van der Waals surface area (Å²) in [5, 5.41) is 0. The van der Waals surface area contributed by atoms with Gasteiger partial charge in [-0.25, -0.2) is 8.42 Å². The van der Waals surface area contributed by atoms with E-state index in [1.54, 1.807) is 24.3 Å². The van der Waals surface area contributed by atoms with Crippen molar-refractivity contribution in [3.8, 4) is 0 Å². The van der Waals surface area contributed by atoms with Crippen LogP contribution in [0.15, 0.2) is 59.0 Å². The first-order valence-corrected chi connectivity index (χ1v) is 10.4. The lowest BCUT2D eigenvalue weighted by Gasteiger charge is -2.07. The Morgan fingerprint density at radius 1 is 0.760 bits per heavy atom. The van der Waals surface area contributed by atoms with Gasteiger partial charge in [-0.1, -0.05) is 64.1 Å². The van der Waals surface area contributed by atoms with Gasteiger partial charge in [0.05, 0.1) is 4.90 Å². The zero-order valence-corrected chi connectivity index (χ0v) is 16.6. The van der Waals surface area contributed by atoms with Crippen molar-refractivity contribution in [2.24, 2.45) is 0 Å². The maximum atomic E-state index is 12.3. The van der Waals surface area contributed by atoms with Crippen LogP contribution in [0, 0.1) is 0 Å². The highest BCUT2D eigenvalue weighted by atomic mass is 32.2. The molecule has 0 saturated heterocycles. The van der Waals surface area contributed by atoms with E-state index in [2.05, 4.69) is 0 Å². The Morgan fingerprint density at radius 3 is 1.72 bits per heavy atom. The molecule has 134 valence electrons. The molecule has 0 bridgehead atoms. The van der Waals surface area contributed by atoms with Crippen LogP contribution < -0.4 is 0 Å². The molecule has 1 aliphatic carbocycles. The molecule has 3 nitrogen and oxygen atoms in total. The maximum Gasteiger partial charge on any atom is 0.189 e. The molecule has 0 unspecified atom stereocenters. The molecule has 2 aromatic carbocycles. The minimum absolute atomic E-state index is 0.0350. The lowest BCUT2D eigenvalue weighted by Crippen LogP contribution is -1.97. The number of fused-ring (bicyclic) bond motifs is 1. The van der Waals surface area contributed by atoms with E-state index in [0.29, 0.717) is 11.1 Å². The lowest BCUT2D eigenvalue weighted by molar-refractivity contribution is 0.103. The van der Waals surface area contributed by atoms with Gasteiger partial charge in [-0.3, -0.25) is 4.79 Å². The van der Waals surface area contributed by atoms with Crippen LogP contribution in [0.4, 0.5) is 0 Å². The van der Waals surface area contributed by atoms with Crippen molar-refractivity contribution >= 4 is 21.2 Å². The number of benzene rings is 2. The Hall–Kier alpha value is -2.20. The molecule has 0 saturated carbocycles. The van der Waals surface area contributed by atoms with E-state index >= 15 is 0 Å². The largest absolute Gasteiger partial charge is 0.289 e. The third-order valence-corrected chi connectivity index (χ3v) is 4.86. The molecule has 0 heterocycles. The number of hydrogen-bond acceptors (Lipinski definition) is 3. The predicted molar refractivity (Wildman–Crippen MR) is 105 cm³/mol. The first-order valence-electron chi connectivity index (χ1n) is 8.55. The first kappa shape index (κ1) is 20.8. The average Bonchev–Trinajstić information content (AvgIpc) is 2.89. The van der Waals surface area contributed by atoms with Gasteiger partial charge in [0.25, 0.3) is 0 Å². The highest BCUT2D eigenvalue weighted by Crippen LogP contribution is 2.37. The molecule has 3 rings (SSSR count). The number of carbonyl (C=O) groups is 1. The second-order valence-electron chi connectivity index (χ2n) is 5.17. The molecule has 1 aliphatic rings. The van der Waals surface area contributed by atoms with E-state index in [4.69, 9.17) is 0 Å². The molecule has 0 radical (unpaired) electrons. The summed E-state index contributed by atoms with van der Waals surface area (Å²) in [5.41, 5.74) is 4.06. The smallest absolute Gasteiger partial charge is 0.189 e. The van der Waals surface area contributed by atoms with Gasteiger partial charge >= 0.3 is 0 Å². The fourth-order valence-corrected chi connectivity index (χ4v) is 3.29. The van der Waals surface area contributed by atoms with Crippen molar-refractivity contribution in [3.63, 3.8) is 0 Å².